The van der Waals surface area contributed by atoms with Crippen molar-refractivity contribution in [3.63, 3.8) is 0 Å². The zero-order valence-electron chi connectivity index (χ0n) is 9.02. The van der Waals surface area contributed by atoms with Crippen molar-refractivity contribution < 1.29 is 5.11 Å². The van der Waals surface area contributed by atoms with E-state index in [0.29, 0.717) is 11.3 Å². The maximum Gasteiger partial charge on any atom is 0.0620 e. The van der Waals surface area contributed by atoms with Crippen LogP contribution in [0.5, 0.6) is 0 Å². The normalized spacial score (nSPS) is 36.8. The van der Waals surface area contributed by atoms with Crippen LogP contribution in [-0.4, -0.2) is 10.7 Å². The molecule has 12 heavy (non-hydrogen) atoms. The lowest BCUT2D eigenvalue weighted by Crippen LogP contribution is -2.48. The number of rotatable bonds is 2. The van der Waals surface area contributed by atoms with E-state index in [1.165, 1.54) is 12.8 Å². The fraction of sp³-hybridized carbons (Fsp3) is 1.00. The van der Waals surface area contributed by atoms with E-state index in [1.807, 2.05) is 13.8 Å². The molecule has 0 aromatic carbocycles. The SMILES string of the molecule is CC(C)C1(C)CC(C(C)(C)O)C1. The molecule has 0 radical (unpaired) electrons. The summed E-state index contributed by atoms with van der Waals surface area (Å²) in [7, 11) is 0. The van der Waals surface area contributed by atoms with Gasteiger partial charge in [-0.05, 0) is 43.9 Å². The summed E-state index contributed by atoms with van der Waals surface area (Å²) in [5.74, 6) is 1.26. The molecule has 1 aliphatic rings. The third-order valence-electron chi connectivity index (χ3n) is 3.82. The standard InChI is InChI=1S/C11H22O/c1-8(2)11(5)6-9(7-11)10(3,4)12/h8-9,12H,6-7H2,1-5H3. The van der Waals surface area contributed by atoms with Gasteiger partial charge in [-0.2, -0.15) is 0 Å². The number of aliphatic hydroxyl groups is 1. The summed E-state index contributed by atoms with van der Waals surface area (Å²) in [5, 5.41) is 9.75. The van der Waals surface area contributed by atoms with Gasteiger partial charge in [0.25, 0.3) is 0 Å². The van der Waals surface area contributed by atoms with Gasteiger partial charge < -0.3 is 5.11 Å². The van der Waals surface area contributed by atoms with Crippen LogP contribution in [-0.2, 0) is 0 Å². The predicted octanol–water partition coefficient (Wildman–Crippen LogP) is 2.83. The van der Waals surface area contributed by atoms with Crippen molar-refractivity contribution >= 4 is 0 Å². The average Bonchev–Trinajstić information content (AvgIpc) is 1.77. The molecule has 0 bridgehead atoms. The van der Waals surface area contributed by atoms with Gasteiger partial charge in [-0.25, -0.2) is 0 Å². The van der Waals surface area contributed by atoms with E-state index in [-0.39, 0.29) is 0 Å². The van der Waals surface area contributed by atoms with Gasteiger partial charge in [0.05, 0.1) is 5.60 Å². The van der Waals surface area contributed by atoms with Crippen LogP contribution in [0.25, 0.3) is 0 Å². The molecule has 1 saturated carbocycles. The Labute approximate surface area is 76.2 Å². The summed E-state index contributed by atoms with van der Waals surface area (Å²) in [6.07, 6.45) is 2.38. The molecule has 0 spiro atoms. The Morgan fingerprint density at radius 2 is 1.75 bits per heavy atom. The maximum absolute atomic E-state index is 9.75. The second-order valence-corrected chi connectivity index (χ2v) is 5.57. The minimum absolute atomic E-state index is 0.464. The Hall–Kier alpha value is -0.0400. The van der Waals surface area contributed by atoms with Crippen LogP contribution in [0.2, 0.25) is 0 Å². The van der Waals surface area contributed by atoms with Gasteiger partial charge in [0.1, 0.15) is 0 Å². The minimum atomic E-state index is -0.464. The first-order valence-corrected chi connectivity index (χ1v) is 4.98. The van der Waals surface area contributed by atoms with Crippen LogP contribution < -0.4 is 0 Å². The van der Waals surface area contributed by atoms with Crippen LogP contribution in [0.1, 0.15) is 47.5 Å². The molecule has 1 rings (SSSR count). The maximum atomic E-state index is 9.75. The van der Waals surface area contributed by atoms with Crippen LogP contribution in [0.15, 0.2) is 0 Å². The van der Waals surface area contributed by atoms with Gasteiger partial charge in [0.15, 0.2) is 0 Å². The zero-order valence-corrected chi connectivity index (χ0v) is 9.02. The highest BCUT2D eigenvalue weighted by molar-refractivity contribution is 4.98. The monoisotopic (exact) mass is 170 g/mol. The molecule has 0 aromatic rings. The van der Waals surface area contributed by atoms with Crippen molar-refractivity contribution in [1.29, 1.82) is 0 Å². The first-order chi connectivity index (χ1) is 5.26. The lowest BCUT2D eigenvalue weighted by atomic mass is 9.54. The van der Waals surface area contributed by atoms with Gasteiger partial charge in [-0.3, -0.25) is 0 Å². The summed E-state index contributed by atoms with van der Waals surface area (Å²) >= 11 is 0. The fourth-order valence-corrected chi connectivity index (χ4v) is 2.04. The molecule has 0 heterocycles. The van der Waals surface area contributed by atoms with Crippen LogP contribution in [0.3, 0.4) is 0 Å². The number of hydrogen-bond acceptors (Lipinski definition) is 1. The lowest BCUT2D eigenvalue weighted by molar-refractivity contribution is -0.0955. The lowest BCUT2D eigenvalue weighted by Gasteiger charge is -2.52. The highest BCUT2D eigenvalue weighted by Crippen LogP contribution is 2.53. The fourth-order valence-electron chi connectivity index (χ4n) is 2.04. The van der Waals surface area contributed by atoms with Crippen molar-refractivity contribution in [3.05, 3.63) is 0 Å². The van der Waals surface area contributed by atoms with Gasteiger partial charge in [-0.15, -0.1) is 0 Å². The molecule has 72 valence electrons. The first kappa shape index (κ1) is 10.0. The van der Waals surface area contributed by atoms with Crippen molar-refractivity contribution in [1.82, 2.24) is 0 Å². The molecule has 0 amide bonds. The molecule has 0 aliphatic heterocycles. The Balaban J connectivity index is 2.47. The molecule has 1 N–H and O–H groups in total. The predicted molar refractivity (Wildman–Crippen MR) is 52.0 cm³/mol. The molecule has 1 heteroatoms. The van der Waals surface area contributed by atoms with E-state index in [0.717, 1.165) is 5.92 Å². The molecule has 0 atom stereocenters. The van der Waals surface area contributed by atoms with E-state index in [4.69, 9.17) is 0 Å². The average molecular weight is 170 g/mol. The summed E-state index contributed by atoms with van der Waals surface area (Å²) in [6.45, 7) is 10.7. The quantitative estimate of drug-likeness (QED) is 0.675. The highest BCUT2D eigenvalue weighted by atomic mass is 16.3. The largest absolute Gasteiger partial charge is 0.390 e. The van der Waals surface area contributed by atoms with Gasteiger partial charge in [-0.1, -0.05) is 20.8 Å². The van der Waals surface area contributed by atoms with Crippen molar-refractivity contribution in [2.24, 2.45) is 17.3 Å². The topological polar surface area (TPSA) is 20.2 Å². The summed E-state index contributed by atoms with van der Waals surface area (Å²) < 4.78 is 0. The van der Waals surface area contributed by atoms with E-state index in [2.05, 4.69) is 20.8 Å². The summed E-state index contributed by atoms with van der Waals surface area (Å²) in [4.78, 5) is 0. The third-order valence-corrected chi connectivity index (χ3v) is 3.82. The molecular weight excluding hydrogens is 148 g/mol. The van der Waals surface area contributed by atoms with Gasteiger partial charge in [0, 0.05) is 0 Å². The Morgan fingerprint density at radius 3 is 2.00 bits per heavy atom. The van der Waals surface area contributed by atoms with Crippen molar-refractivity contribution in [3.8, 4) is 0 Å². The van der Waals surface area contributed by atoms with Crippen LogP contribution in [0, 0.1) is 17.3 Å². The third kappa shape index (κ3) is 1.66. The number of hydrogen-bond donors (Lipinski definition) is 1. The minimum Gasteiger partial charge on any atom is -0.390 e. The van der Waals surface area contributed by atoms with E-state index < -0.39 is 5.60 Å². The molecule has 0 unspecified atom stereocenters. The first-order valence-electron chi connectivity index (χ1n) is 4.98. The molecule has 1 nitrogen and oxygen atoms in total. The zero-order chi connectivity index (χ0) is 9.57. The van der Waals surface area contributed by atoms with E-state index >= 15 is 0 Å². The molecule has 1 fully saturated rings. The summed E-state index contributed by atoms with van der Waals surface area (Å²) in [5.41, 5.74) is 0.0269. The van der Waals surface area contributed by atoms with Crippen molar-refractivity contribution in [2.75, 3.05) is 0 Å². The molecule has 1 aliphatic carbocycles. The second kappa shape index (κ2) is 2.73. The smallest absolute Gasteiger partial charge is 0.0620 e. The Morgan fingerprint density at radius 1 is 1.33 bits per heavy atom. The second-order valence-electron chi connectivity index (χ2n) is 5.57. The Bertz CT molecular complexity index is 158. The highest BCUT2D eigenvalue weighted by Gasteiger charge is 2.47. The van der Waals surface area contributed by atoms with E-state index in [9.17, 15) is 5.11 Å². The van der Waals surface area contributed by atoms with Gasteiger partial charge >= 0.3 is 0 Å². The van der Waals surface area contributed by atoms with Gasteiger partial charge in [0.2, 0.25) is 0 Å². The molecular formula is C11H22O. The molecule has 0 saturated heterocycles. The molecule has 0 aromatic heterocycles. The van der Waals surface area contributed by atoms with E-state index in [1.54, 1.807) is 0 Å². The van der Waals surface area contributed by atoms with Crippen LogP contribution in [0.4, 0.5) is 0 Å². The Kier molecular flexibility index (Phi) is 2.28. The van der Waals surface area contributed by atoms with Crippen molar-refractivity contribution in [2.45, 2.75) is 53.1 Å². The summed E-state index contributed by atoms with van der Waals surface area (Å²) in [6, 6.07) is 0. The van der Waals surface area contributed by atoms with Crippen LogP contribution >= 0.6 is 0 Å².